The lowest BCUT2D eigenvalue weighted by Gasteiger charge is -2.14. The molecule has 0 radical (unpaired) electrons. The second kappa shape index (κ2) is 3.79. The van der Waals surface area contributed by atoms with Crippen molar-refractivity contribution < 1.29 is 26.7 Å². The Morgan fingerprint density at radius 1 is 1.06 bits per heavy atom. The fourth-order valence-corrected chi connectivity index (χ4v) is 1.84. The van der Waals surface area contributed by atoms with Crippen molar-refractivity contribution in [3.05, 3.63) is 41.5 Å². The molecule has 0 saturated carbocycles. The van der Waals surface area contributed by atoms with Crippen LogP contribution in [-0.4, -0.2) is 24.5 Å². The van der Waals surface area contributed by atoms with Crippen LogP contribution in [-0.2, 0) is 19.4 Å². The van der Waals surface area contributed by atoms with Crippen LogP contribution in [0.5, 0.6) is 0 Å². The predicted molar refractivity (Wildman–Crippen MR) is 56.4 cm³/mol. The molecular formula is C10H6O6S. The molecule has 17 heavy (non-hydrogen) atoms. The average Bonchev–Trinajstić information content (AvgIpc) is 2.24. The van der Waals surface area contributed by atoms with Gasteiger partial charge in [0.2, 0.25) is 11.6 Å². The van der Waals surface area contributed by atoms with Gasteiger partial charge in [0.15, 0.2) is 5.76 Å². The third kappa shape index (κ3) is 2.24. The van der Waals surface area contributed by atoms with E-state index in [1.54, 1.807) is 6.07 Å². The van der Waals surface area contributed by atoms with Crippen LogP contribution in [0.1, 0.15) is 15.9 Å². The molecule has 0 fully saturated rings. The van der Waals surface area contributed by atoms with Crippen molar-refractivity contribution in [1.29, 1.82) is 0 Å². The topological polar surface area (TPSA) is 97.7 Å². The maximum atomic E-state index is 11.5. The van der Waals surface area contributed by atoms with E-state index in [0.29, 0.717) is 0 Å². The van der Waals surface area contributed by atoms with Gasteiger partial charge in [0.05, 0.1) is 0 Å². The van der Waals surface area contributed by atoms with Crippen LogP contribution in [0, 0.1) is 0 Å². The molecule has 0 spiro atoms. The number of hydrogen-bond acceptors (Lipinski definition) is 5. The van der Waals surface area contributed by atoms with Gasteiger partial charge in [-0.15, -0.1) is 0 Å². The SMILES string of the molecule is O=C1C=C(OS(=O)(=O)O)c2ccccc2C1=O. The summed E-state index contributed by atoms with van der Waals surface area (Å²) in [6, 6.07) is 5.86. The normalized spacial score (nSPS) is 15.2. The minimum atomic E-state index is -4.74. The lowest BCUT2D eigenvalue weighted by atomic mass is 9.94. The Bertz CT molecular complexity index is 641. The van der Waals surface area contributed by atoms with Gasteiger partial charge in [-0.1, -0.05) is 24.3 Å². The highest BCUT2D eigenvalue weighted by Crippen LogP contribution is 2.26. The maximum absolute atomic E-state index is 11.5. The summed E-state index contributed by atoms with van der Waals surface area (Å²) in [5.41, 5.74) is 0.188. The molecule has 1 aliphatic rings. The second-order valence-electron chi connectivity index (χ2n) is 3.26. The van der Waals surface area contributed by atoms with Gasteiger partial charge in [-0.05, 0) is 0 Å². The minimum Gasteiger partial charge on any atom is -0.361 e. The number of fused-ring (bicyclic) bond motifs is 1. The molecule has 0 bridgehead atoms. The third-order valence-electron chi connectivity index (χ3n) is 2.12. The first-order valence-electron chi connectivity index (χ1n) is 4.45. The van der Waals surface area contributed by atoms with Crippen LogP contribution >= 0.6 is 0 Å². The van der Waals surface area contributed by atoms with Crippen LogP contribution in [0.25, 0.3) is 5.76 Å². The van der Waals surface area contributed by atoms with Gasteiger partial charge in [0.1, 0.15) is 0 Å². The fourth-order valence-electron chi connectivity index (χ4n) is 1.47. The quantitative estimate of drug-likeness (QED) is 0.613. The number of carbonyl (C=O) groups is 2. The van der Waals surface area contributed by atoms with Gasteiger partial charge in [-0.2, -0.15) is 8.42 Å². The van der Waals surface area contributed by atoms with Crippen LogP contribution in [0.4, 0.5) is 0 Å². The molecule has 1 aromatic carbocycles. The zero-order valence-electron chi connectivity index (χ0n) is 8.28. The molecule has 2 rings (SSSR count). The number of Topliss-reactive ketones (excluding diaryl/α,β-unsaturated/α-hetero) is 1. The first-order chi connectivity index (χ1) is 7.88. The summed E-state index contributed by atoms with van der Waals surface area (Å²) >= 11 is 0. The van der Waals surface area contributed by atoms with Crippen LogP contribution in [0.2, 0.25) is 0 Å². The van der Waals surface area contributed by atoms with Gasteiger partial charge in [0, 0.05) is 17.2 Å². The molecular weight excluding hydrogens is 248 g/mol. The predicted octanol–water partition coefficient (Wildman–Crippen LogP) is 0.612. The molecule has 0 unspecified atom stereocenters. The van der Waals surface area contributed by atoms with Crippen molar-refractivity contribution in [2.75, 3.05) is 0 Å². The summed E-state index contributed by atoms with van der Waals surface area (Å²) in [6.45, 7) is 0. The van der Waals surface area contributed by atoms with E-state index in [2.05, 4.69) is 4.18 Å². The minimum absolute atomic E-state index is 0.0404. The highest BCUT2D eigenvalue weighted by Gasteiger charge is 2.28. The van der Waals surface area contributed by atoms with Crippen molar-refractivity contribution >= 4 is 27.7 Å². The Labute approximate surface area is 96.5 Å². The monoisotopic (exact) mass is 254 g/mol. The van der Waals surface area contributed by atoms with Gasteiger partial charge in [-0.3, -0.25) is 14.1 Å². The second-order valence-corrected chi connectivity index (χ2v) is 4.28. The van der Waals surface area contributed by atoms with Crippen molar-refractivity contribution in [3.63, 3.8) is 0 Å². The molecule has 0 aliphatic heterocycles. The summed E-state index contributed by atoms with van der Waals surface area (Å²) in [6.07, 6.45) is 0.735. The molecule has 0 atom stereocenters. The van der Waals surface area contributed by atoms with Crippen molar-refractivity contribution in [1.82, 2.24) is 0 Å². The number of carbonyl (C=O) groups excluding carboxylic acids is 2. The van der Waals surface area contributed by atoms with E-state index < -0.39 is 22.0 Å². The van der Waals surface area contributed by atoms with Crippen molar-refractivity contribution in [2.45, 2.75) is 0 Å². The molecule has 1 aliphatic carbocycles. The zero-order chi connectivity index (χ0) is 12.6. The van der Waals surface area contributed by atoms with E-state index in [0.717, 1.165) is 6.08 Å². The first kappa shape index (κ1) is 11.5. The van der Waals surface area contributed by atoms with E-state index in [-0.39, 0.29) is 16.9 Å². The van der Waals surface area contributed by atoms with Crippen molar-refractivity contribution in [3.8, 4) is 0 Å². The molecule has 1 N–H and O–H groups in total. The highest BCUT2D eigenvalue weighted by molar-refractivity contribution is 7.81. The first-order valence-corrected chi connectivity index (χ1v) is 5.81. The number of hydrogen-bond donors (Lipinski definition) is 1. The van der Waals surface area contributed by atoms with Gasteiger partial charge >= 0.3 is 10.4 Å². The molecule has 7 heteroatoms. The highest BCUT2D eigenvalue weighted by atomic mass is 32.3. The molecule has 0 aromatic heterocycles. The number of benzene rings is 1. The van der Waals surface area contributed by atoms with E-state index in [1.807, 2.05) is 0 Å². The van der Waals surface area contributed by atoms with Gasteiger partial charge in [0.25, 0.3) is 0 Å². The Morgan fingerprint density at radius 3 is 2.24 bits per heavy atom. The van der Waals surface area contributed by atoms with E-state index >= 15 is 0 Å². The lowest BCUT2D eigenvalue weighted by Crippen LogP contribution is -2.20. The molecule has 6 nitrogen and oxygen atoms in total. The lowest BCUT2D eigenvalue weighted by molar-refractivity contribution is -0.111. The summed E-state index contributed by atoms with van der Waals surface area (Å²) in [4.78, 5) is 22.7. The smallest absolute Gasteiger partial charge is 0.361 e. The molecule has 0 amide bonds. The Balaban J connectivity index is 2.58. The zero-order valence-corrected chi connectivity index (χ0v) is 9.10. The fraction of sp³-hybridized carbons (Fsp3) is 0. The van der Waals surface area contributed by atoms with E-state index in [4.69, 9.17) is 4.55 Å². The van der Waals surface area contributed by atoms with Crippen molar-refractivity contribution in [2.24, 2.45) is 0 Å². The standard InChI is InChI=1S/C10H6O6S/c11-8-5-9(16-17(13,14)15)6-3-1-2-4-7(6)10(8)12/h1-5H,(H,13,14,15). The number of allylic oxidation sites excluding steroid dienone is 1. The van der Waals surface area contributed by atoms with E-state index in [9.17, 15) is 18.0 Å². The summed E-state index contributed by atoms with van der Waals surface area (Å²) in [5, 5.41) is 0. The average molecular weight is 254 g/mol. The number of ketones is 2. The summed E-state index contributed by atoms with van der Waals surface area (Å²) < 4.78 is 34.0. The third-order valence-corrected chi connectivity index (χ3v) is 2.51. The maximum Gasteiger partial charge on any atom is 0.446 e. The van der Waals surface area contributed by atoms with E-state index in [1.165, 1.54) is 18.2 Å². The largest absolute Gasteiger partial charge is 0.446 e. The van der Waals surface area contributed by atoms with Crippen LogP contribution in [0.3, 0.4) is 0 Å². The molecule has 0 heterocycles. The Kier molecular flexibility index (Phi) is 2.56. The van der Waals surface area contributed by atoms with Gasteiger partial charge in [-0.25, -0.2) is 0 Å². The van der Waals surface area contributed by atoms with Gasteiger partial charge < -0.3 is 4.18 Å². The Morgan fingerprint density at radius 2 is 1.65 bits per heavy atom. The van der Waals surface area contributed by atoms with Crippen LogP contribution in [0.15, 0.2) is 30.3 Å². The van der Waals surface area contributed by atoms with Crippen LogP contribution < -0.4 is 0 Å². The molecule has 0 saturated heterocycles. The molecule has 88 valence electrons. The number of rotatable bonds is 2. The Hall–Kier alpha value is -1.99. The summed E-state index contributed by atoms with van der Waals surface area (Å²) in [7, 11) is -4.74. The summed E-state index contributed by atoms with van der Waals surface area (Å²) in [5.74, 6) is -2.02. The molecule has 1 aromatic rings.